The highest BCUT2D eigenvalue weighted by molar-refractivity contribution is 5.80. The minimum Gasteiger partial charge on any atom is -0.381 e. The number of carbonyl (C=O) groups is 1. The van der Waals surface area contributed by atoms with Gasteiger partial charge in [0, 0.05) is 12.5 Å². The molecule has 2 atom stereocenters. The molecule has 0 aromatic carbocycles. The number of ether oxygens (including phenoxy) is 1. The first kappa shape index (κ1) is 13.2. The summed E-state index contributed by atoms with van der Waals surface area (Å²) in [4.78, 5) is 11.1. The van der Waals surface area contributed by atoms with Crippen LogP contribution in [0.2, 0.25) is 0 Å². The fraction of sp³-hybridized carbons (Fsp3) is 0.889. The number of primary amides is 1. The molecule has 94 valence electrons. The second kappa shape index (κ2) is 5.49. The summed E-state index contributed by atoms with van der Waals surface area (Å²) in [7, 11) is 0. The molecular formula is C9H15F3N2O2. The molecule has 0 aromatic rings. The van der Waals surface area contributed by atoms with Crippen molar-refractivity contribution < 1.29 is 22.7 Å². The lowest BCUT2D eigenvalue weighted by atomic mass is 9.93. The largest absolute Gasteiger partial charge is 0.401 e. The second-order valence-corrected chi connectivity index (χ2v) is 3.85. The molecule has 1 rings (SSSR count). The topological polar surface area (TPSA) is 64.4 Å². The Bertz CT molecular complexity index is 239. The Kier molecular flexibility index (Phi) is 4.55. The number of rotatable bonds is 4. The maximum absolute atomic E-state index is 12.0. The van der Waals surface area contributed by atoms with Gasteiger partial charge in [-0.25, -0.2) is 0 Å². The Balaban J connectivity index is 2.49. The van der Waals surface area contributed by atoms with Crippen molar-refractivity contribution >= 4 is 5.91 Å². The molecule has 0 spiro atoms. The van der Waals surface area contributed by atoms with Crippen molar-refractivity contribution in [1.29, 1.82) is 0 Å². The Labute approximate surface area is 91.3 Å². The van der Waals surface area contributed by atoms with Gasteiger partial charge in [-0.3, -0.25) is 10.1 Å². The van der Waals surface area contributed by atoms with Gasteiger partial charge in [0.05, 0.1) is 19.2 Å². The predicted molar refractivity (Wildman–Crippen MR) is 50.6 cm³/mol. The summed E-state index contributed by atoms with van der Waals surface area (Å²) < 4.78 is 41.1. The maximum atomic E-state index is 12.0. The molecule has 1 heterocycles. The van der Waals surface area contributed by atoms with Gasteiger partial charge in [0.15, 0.2) is 0 Å². The van der Waals surface area contributed by atoms with Crippen LogP contribution in [0.1, 0.15) is 12.8 Å². The van der Waals surface area contributed by atoms with Crippen LogP contribution in [0.3, 0.4) is 0 Å². The Morgan fingerprint density at radius 1 is 1.56 bits per heavy atom. The van der Waals surface area contributed by atoms with E-state index >= 15 is 0 Å². The van der Waals surface area contributed by atoms with E-state index in [2.05, 4.69) is 5.32 Å². The van der Waals surface area contributed by atoms with Crippen molar-refractivity contribution in [3.63, 3.8) is 0 Å². The monoisotopic (exact) mass is 240 g/mol. The van der Waals surface area contributed by atoms with Crippen molar-refractivity contribution in [2.24, 2.45) is 11.7 Å². The number of nitrogens with two attached hydrogens (primary N) is 1. The van der Waals surface area contributed by atoms with Crippen LogP contribution in [0, 0.1) is 5.92 Å². The van der Waals surface area contributed by atoms with E-state index in [1.54, 1.807) is 0 Å². The van der Waals surface area contributed by atoms with Gasteiger partial charge in [0.2, 0.25) is 5.91 Å². The summed E-state index contributed by atoms with van der Waals surface area (Å²) in [5.74, 6) is -1.03. The summed E-state index contributed by atoms with van der Waals surface area (Å²) in [6.07, 6.45) is -2.95. The molecule has 3 N–H and O–H groups in total. The molecule has 16 heavy (non-hydrogen) atoms. The van der Waals surface area contributed by atoms with Gasteiger partial charge in [0.1, 0.15) is 0 Å². The second-order valence-electron chi connectivity index (χ2n) is 3.85. The lowest BCUT2D eigenvalue weighted by Crippen LogP contribution is -2.51. The normalized spacial score (nSPS) is 24.1. The Morgan fingerprint density at radius 2 is 2.25 bits per heavy atom. The standard InChI is InChI=1S/C9H15F3N2O2/c10-9(11,12)5-14-7(8(13)15)6-2-1-3-16-4-6/h6-7,14H,1-5H2,(H2,13,15). The molecule has 1 aliphatic rings. The van der Waals surface area contributed by atoms with Crippen LogP contribution in [-0.4, -0.2) is 37.9 Å². The molecule has 4 nitrogen and oxygen atoms in total. The summed E-state index contributed by atoms with van der Waals surface area (Å²) in [6, 6.07) is -0.970. The number of carbonyl (C=O) groups excluding carboxylic acids is 1. The molecule has 0 aliphatic carbocycles. The molecule has 1 fully saturated rings. The summed E-state index contributed by atoms with van der Waals surface area (Å²) in [5, 5.41) is 2.15. The first-order valence-corrected chi connectivity index (χ1v) is 5.07. The molecule has 0 saturated carbocycles. The zero-order valence-electron chi connectivity index (χ0n) is 8.72. The van der Waals surface area contributed by atoms with Gasteiger partial charge in [-0.1, -0.05) is 0 Å². The number of hydrogen-bond acceptors (Lipinski definition) is 3. The van der Waals surface area contributed by atoms with E-state index in [9.17, 15) is 18.0 Å². The first-order valence-electron chi connectivity index (χ1n) is 5.07. The number of halogens is 3. The SMILES string of the molecule is NC(=O)C(NCC(F)(F)F)C1CCCOC1. The highest BCUT2D eigenvalue weighted by Gasteiger charge is 2.33. The number of nitrogens with one attached hydrogen (secondary N) is 1. The van der Waals surface area contributed by atoms with Gasteiger partial charge >= 0.3 is 6.18 Å². The zero-order valence-corrected chi connectivity index (χ0v) is 8.72. The highest BCUT2D eigenvalue weighted by Crippen LogP contribution is 2.19. The molecule has 0 bridgehead atoms. The molecule has 1 aliphatic heterocycles. The van der Waals surface area contributed by atoms with Crippen LogP contribution >= 0.6 is 0 Å². The lowest BCUT2D eigenvalue weighted by molar-refractivity contribution is -0.133. The number of alkyl halides is 3. The van der Waals surface area contributed by atoms with E-state index in [0.717, 1.165) is 6.42 Å². The third kappa shape index (κ3) is 4.36. The first-order chi connectivity index (χ1) is 7.40. The average Bonchev–Trinajstić information content (AvgIpc) is 2.17. The predicted octanol–water partition coefficient (Wildman–Crippen LogP) is 0.419. The minimum absolute atomic E-state index is 0.270. The Hall–Kier alpha value is -0.820. The van der Waals surface area contributed by atoms with Crippen LogP contribution < -0.4 is 11.1 Å². The van der Waals surface area contributed by atoms with Crippen LogP contribution in [0.4, 0.5) is 13.2 Å². The van der Waals surface area contributed by atoms with Crippen molar-refractivity contribution in [3.8, 4) is 0 Å². The van der Waals surface area contributed by atoms with Gasteiger partial charge in [0.25, 0.3) is 0 Å². The zero-order chi connectivity index (χ0) is 12.2. The van der Waals surface area contributed by atoms with E-state index in [4.69, 9.17) is 10.5 Å². The maximum Gasteiger partial charge on any atom is 0.401 e. The summed E-state index contributed by atoms with van der Waals surface area (Å²) in [6.45, 7) is -0.350. The summed E-state index contributed by atoms with van der Waals surface area (Å²) >= 11 is 0. The molecule has 2 unspecified atom stereocenters. The molecule has 7 heteroatoms. The average molecular weight is 240 g/mol. The van der Waals surface area contributed by atoms with Crippen molar-refractivity contribution in [1.82, 2.24) is 5.32 Å². The fourth-order valence-electron chi connectivity index (χ4n) is 1.75. The number of hydrogen-bond donors (Lipinski definition) is 2. The van der Waals surface area contributed by atoms with Crippen molar-refractivity contribution in [3.05, 3.63) is 0 Å². The fourth-order valence-corrected chi connectivity index (χ4v) is 1.75. The van der Waals surface area contributed by atoms with E-state index in [-0.39, 0.29) is 12.5 Å². The van der Waals surface area contributed by atoms with Gasteiger partial charge in [-0.15, -0.1) is 0 Å². The lowest BCUT2D eigenvalue weighted by Gasteiger charge is -2.29. The smallest absolute Gasteiger partial charge is 0.381 e. The molecule has 0 radical (unpaired) electrons. The summed E-state index contributed by atoms with van der Waals surface area (Å²) in [5.41, 5.74) is 5.07. The van der Waals surface area contributed by atoms with E-state index in [1.165, 1.54) is 0 Å². The van der Waals surface area contributed by atoms with Gasteiger partial charge in [-0.05, 0) is 12.8 Å². The van der Waals surface area contributed by atoms with Gasteiger partial charge < -0.3 is 10.5 Å². The Morgan fingerprint density at radius 3 is 2.69 bits per heavy atom. The molecule has 1 saturated heterocycles. The molecule has 1 amide bonds. The van der Waals surface area contributed by atoms with Gasteiger partial charge in [-0.2, -0.15) is 13.2 Å². The number of amides is 1. The van der Waals surface area contributed by atoms with Crippen molar-refractivity contribution in [2.45, 2.75) is 25.1 Å². The third-order valence-corrected chi connectivity index (χ3v) is 2.50. The third-order valence-electron chi connectivity index (χ3n) is 2.50. The van der Waals surface area contributed by atoms with Crippen LogP contribution in [0.15, 0.2) is 0 Å². The molecule has 0 aromatic heterocycles. The van der Waals surface area contributed by atoms with Crippen LogP contribution in [0.5, 0.6) is 0 Å². The van der Waals surface area contributed by atoms with E-state index in [1.807, 2.05) is 0 Å². The highest BCUT2D eigenvalue weighted by atomic mass is 19.4. The van der Waals surface area contributed by atoms with Crippen molar-refractivity contribution in [2.75, 3.05) is 19.8 Å². The quantitative estimate of drug-likeness (QED) is 0.748. The van der Waals surface area contributed by atoms with Crippen LogP contribution in [-0.2, 0) is 9.53 Å². The van der Waals surface area contributed by atoms with Crippen LogP contribution in [0.25, 0.3) is 0 Å². The molecular weight excluding hydrogens is 225 g/mol. The minimum atomic E-state index is -4.34. The van der Waals surface area contributed by atoms with E-state index in [0.29, 0.717) is 13.0 Å². The van der Waals surface area contributed by atoms with E-state index < -0.39 is 24.7 Å².